The Hall–Kier alpha value is -1.00. The standard InChI is InChI=1S/C16H23F2NO/c1-15(2)5-7-16(11-19,8-6-15)20-10-12-3-4-13(17)9-14(12)18/h3-4,9H,5-8,10-11,19H2,1-2H3. The van der Waals surface area contributed by atoms with Gasteiger partial charge in [0.15, 0.2) is 0 Å². The van der Waals surface area contributed by atoms with Crippen LogP contribution < -0.4 is 5.73 Å². The molecule has 0 aliphatic heterocycles. The van der Waals surface area contributed by atoms with Gasteiger partial charge in [0, 0.05) is 18.2 Å². The Morgan fingerprint density at radius 1 is 1.15 bits per heavy atom. The number of benzene rings is 1. The Morgan fingerprint density at radius 2 is 1.80 bits per heavy atom. The maximum absolute atomic E-state index is 13.6. The first kappa shape index (κ1) is 15.4. The van der Waals surface area contributed by atoms with Gasteiger partial charge in [-0.05, 0) is 37.2 Å². The molecular weight excluding hydrogens is 260 g/mol. The van der Waals surface area contributed by atoms with Crippen LogP contribution in [-0.4, -0.2) is 12.1 Å². The highest BCUT2D eigenvalue weighted by Gasteiger charge is 2.38. The molecule has 0 saturated heterocycles. The van der Waals surface area contributed by atoms with Gasteiger partial charge in [-0.1, -0.05) is 19.9 Å². The minimum absolute atomic E-state index is 0.143. The summed E-state index contributed by atoms with van der Waals surface area (Å²) in [5, 5.41) is 0. The van der Waals surface area contributed by atoms with Gasteiger partial charge >= 0.3 is 0 Å². The van der Waals surface area contributed by atoms with Crippen molar-refractivity contribution in [1.29, 1.82) is 0 Å². The Labute approximate surface area is 119 Å². The molecule has 0 amide bonds. The van der Waals surface area contributed by atoms with Crippen molar-refractivity contribution < 1.29 is 13.5 Å². The number of halogens is 2. The number of ether oxygens (including phenoxy) is 1. The van der Waals surface area contributed by atoms with Crippen LogP contribution in [0.5, 0.6) is 0 Å². The van der Waals surface area contributed by atoms with E-state index in [1.165, 1.54) is 12.1 Å². The summed E-state index contributed by atoms with van der Waals surface area (Å²) in [6, 6.07) is 3.57. The second-order valence-corrected chi connectivity index (χ2v) is 6.58. The lowest BCUT2D eigenvalue weighted by Gasteiger charge is -2.42. The molecule has 1 aromatic carbocycles. The Kier molecular flexibility index (Phi) is 4.45. The van der Waals surface area contributed by atoms with Crippen molar-refractivity contribution in [2.45, 2.75) is 51.7 Å². The number of hydrogen-bond donors (Lipinski definition) is 1. The van der Waals surface area contributed by atoms with Gasteiger partial charge in [0.05, 0.1) is 12.2 Å². The van der Waals surface area contributed by atoms with Crippen LogP contribution in [-0.2, 0) is 11.3 Å². The summed E-state index contributed by atoms with van der Waals surface area (Å²) in [5.41, 5.74) is 6.21. The predicted octanol–water partition coefficient (Wildman–Crippen LogP) is 3.78. The van der Waals surface area contributed by atoms with Crippen LogP contribution in [0.25, 0.3) is 0 Å². The smallest absolute Gasteiger partial charge is 0.131 e. The second-order valence-electron chi connectivity index (χ2n) is 6.58. The lowest BCUT2D eigenvalue weighted by atomic mass is 9.71. The van der Waals surface area contributed by atoms with Gasteiger partial charge in [0.2, 0.25) is 0 Å². The molecular formula is C16H23F2NO. The maximum Gasteiger partial charge on any atom is 0.131 e. The lowest BCUT2D eigenvalue weighted by molar-refractivity contribution is -0.0910. The minimum atomic E-state index is -0.570. The molecule has 1 aliphatic rings. The molecule has 0 spiro atoms. The van der Waals surface area contributed by atoms with E-state index in [4.69, 9.17) is 10.5 Å². The predicted molar refractivity (Wildman–Crippen MR) is 75.2 cm³/mol. The summed E-state index contributed by atoms with van der Waals surface area (Å²) in [7, 11) is 0. The van der Waals surface area contributed by atoms with Crippen molar-refractivity contribution >= 4 is 0 Å². The Balaban J connectivity index is 2.01. The first-order valence-corrected chi connectivity index (χ1v) is 7.14. The van der Waals surface area contributed by atoms with Gasteiger partial charge < -0.3 is 10.5 Å². The SMILES string of the molecule is CC1(C)CCC(CN)(OCc2ccc(F)cc2F)CC1. The highest BCUT2D eigenvalue weighted by molar-refractivity contribution is 5.17. The molecule has 1 saturated carbocycles. The first-order valence-electron chi connectivity index (χ1n) is 7.14. The average molecular weight is 283 g/mol. The third-order valence-corrected chi connectivity index (χ3v) is 4.44. The van der Waals surface area contributed by atoms with Gasteiger partial charge in [0.25, 0.3) is 0 Å². The molecule has 1 aromatic rings. The fourth-order valence-corrected chi connectivity index (χ4v) is 2.66. The molecule has 0 atom stereocenters. The highest BCUT2D eigenvalue weighted by atomic mass is 19.1. The molecule has 0 aromatic heterocycles. The topological polar surface area (TPSA) is 35.2 Å². The van der Waals surface area contributed by atoms with Gasteiger partial charge in [-0.25, -0.2) is 8.78 Å². The maximum atomic E-state index is 13.6. The van der Waals surface area contributed by atoms with Crippen molar-refractivity contribution in [3.05, 3.63) is 35.4 Å². The van der Waals surface area contributed by atoms with E-state index in [0.29, 0.717) is 17.5 Å². The lowest BCUT2D eigenvalue weighted by Crippen LogP contribution is -2.45. The van der Waals surface area contributed by atoms with Crippen LogP contribution in [0.2, 0.25) is 0 Å². The van der Waals surface area contributed by atoms with E-state index in [1.54, 1.807) is 0 Å². The molecule has 20 heavy (non-hydrogen) atoms. The van der Waals surface area contributed by atoms with E-state index < -0.39 is 11.6 Å². The van der Waals surface area contributed by atoms with E-state index in [1.807, 2.05) is 0 Å². The van der Waals surface area contributed by atoms with Crippen LogP contribution in [0, 0.1) is 17.0 Å². The van der Waals surface area contributed by atoms with Crippen LogP contribution in [0.4, 0.5) is 8.78 Å². The third-order valence-electron chi connectivity index (χ3n) is 4.44. The molecule has 2 nitrogen and oxygen atoms in total. The molecule has 112 valence electrons. The number of nitrogens with two attached hydrogens (primary N) is 1. The average Bonchev–Trinajstić information content (AvgIpc) is 2.40. The summed E-state index contributed by atoms with van der Waals surface area (Å²) in [6.45, 7) is 5.07. The quantitative estimate of drug-likeness (QED) is 0.912. The van der Waals surface area contributed by atoms with Gasteiger partial charge in [-0.15, -0.1) is 0 Å². The van der Waals surface area contributed by atoms with Crippen molar-refractivity contribution in [3.63, 3.8) is 0 Å². The minimum Gasteiger partial charge on any atom is -0.369 e. The second kappa shape index (κ2) is 5.78. The summed E-state index contributed by atoms with van der Waals surface area (Å²) < 4.78 is 32.4. The van der Waals surface area contributed by atoms with Crippen LogP contribution >= 0.6 is 0 Å². The monoisotopic (exact) mass is 283 g/mol. The Morgan fingerprint density at radius 3 is 2.35 bits per heavy atom. The molecule has 2 N–H and O–H groups in total. The molecule has 1 aliphatic carbocycles. The molecule has 0 bridgehead atoms. The first-order chi connectivity index (χ1) is 9.36. The van der Waals surface area contributed by atoms with Crippen molar-refractivity contribution in [3.8, 4) is 0 Å². The number of rotatable bonds is 4. The third kappa shape index (κ3) is 3.55. The Bertz CT molecular complexity index is 464. The molecule has 1 fully saturated rings. The van der Waals surface area contributed by atoms with Gasteiger partial charge in [0.1, 0.15) is 11.6 Å². The van der Waals surface area contributed by atoms with Crippen molar-refractivity contribution in [2.24, 2.45) is 11.1 Å². The van der Waals surface area contributed by atoms with E-state index in [2.05, 4.69) is 13.8 Å². The zero-order valence-electron chi connectivity index (χ0n) is 12.2. The van der Waals surface area contributed by atoms with E-state index >= 15 is 0 Å². The molecule has 0 radical (unpaired) electrons. The van der Waals surface area contributed by atoms with Gasteiger partial charge in [-0.2, -0.15) is 0 Å². The zero-order valence-corrected chi connectivity index (χ0v) is 12.2. The van der Waals surface area contributed by atoms with E-state index in [-0.39, 0.29) is 12.2 Å². The molecule has 4 heteroatoms. The highest BCUT2D eigenvalue weighted by Crippen LogP contribution is 2.41. The summed E-state index contributed by atoms with van der Waals surface area (Å²) in [4.78, 5) is 0. The van der Waals surface area contributed by atoms with Crippen LogP contribution in [0.3, 0.4) is 0 Å². The number of hydrogen-bond acceptors (Lipinski definition) is 2. The largest absolute Gasteiger partial charge is 0.369 e. The fraction of sp³-hybridized carbons (Fsp3) is 0.625. The van der Waals surface area contributed by atoms with Crippen molar-refractivity contribution in [1.82, 2.24) is 0 Å². The summed E-state index contributed by atoms with van der Waals surface area (Å²) in [6.07, 6.45) is 3.88. The molecule has 0 unspecified atom stereocenters. The summed E-state index contributed by atoms with van der Waals surface area (Å²) in [5.74, 6) is -1.13. The van der Waals surface area contributed by atoms with Crippen LogP contribution in [0.1, 0.15) is 45.1 Å². The summed E-state index contributed by atoms with van der Waals surface area (Å²) >= 11 is 0. The van der Waals surface area contributed by atoms with E-state index in [9.17, 15) is 8.78 Å². The van der Waals surface area contributed by atoms with Crippen LogP contribution in [0.15, 0.2) is 18.2 Å². The zero-order chi connectivity index (χ0) is 14.8. The normalized spacial score (nSPS) is 20.9. The molecule has 0 heterocycles. The fourth-order valence-electron chi connectivity index (χ4n) is 2.66. The van der Waals surface area contributed by atoms with Gasteiger partial charge in [-0.3, -0.25) is 0 Å². The van der Waals surface area contributed by atoms with E-state index in [0.717, 1.165) is 31.7 Å². The van der Waals surface area contributed by atoms with Crippen molar-refractivity contribution in [2.75, 3.05) is 6.54 Å². The molecule has 2 rings (SSSR count).